The topological polar surface area (TPSA) is 136 Å². The summed E-state index contributed by atoms with van der Waals surface area (Å²) in [7, 11) is 1.42. The minimum Gasteiger partial charge on any atom is -0.496 e. The number of carbonyl (C=O) groups excluding carboxylic acids is 3. The normalized spacial score (nSPS) is 22.4. The van der Waals surface area contributed by atoms with Gasteiger partial charge >= 0.3 is 0 Å². The van der Waals surface area contributed by atoms with E-state index in [4.69, 9.17) is 4.74 Å². The van der Waals surface area contributed by atoms with E-state index >= 15 is 0 Å². The van der Waals surface area contributed by atoms with Crippen LogP contribution < -0.4 is 20.7 Å². The van der Waals surface area contributed by atoms with Crippen LogP contribution in [0.4, 0.5) is 4.39 Å². The Bertz CT molecular complexity index is 1270. The van der Waals surface area contributed by atoms with Crippen LogP contribution in [-0.4, -0.2) is 47.4 Å². The maximum Gasteiger partial charge on any atom is 0.268 e. The maximum atomic E-state index is 13.9. The van der Waals surface area contributed by atoms with E-state index in [1.54, 1.807) is 6.07 Å². The molecule has 1 aromatic heterocycles. The lowest BCUT2D eigenvalue weighted by Crippen LogP contribution is -2.50. The molecule has 5 rings (SSSR count). The Morgan fingerprint density at radius 3 is 2.61 bits per heavy atom. The van der Waals surface area contributed by atoms with Gasteiger partial charge in [-0.3, -0.25) is 14.4 Å². The lowest BCUT2D eigenvalue weighted by atomic mass is 9.95. The molecule has 1 aliphatic heterocycles. The molecule has 3 unspecified atom stereocenters. The SMILES string of the molecule is COc1cc(F)cc2[nH]c(C(=O)NC(CC3(C)CC3)C(=O)NC(C#N)CC3CC4(CC4)NC3=O)cc12. The van der Waals surface area contributed by atoms with Gasteiger partial charge in [0.25, 0.3) is 5.91 Å². The van der Waals surface area contributed by atoms with E-state index in [1.807, 2.05) is 0 Å². The highest BCUT2D eigenvalue weighted by atomic mass is 19.1. The molecule has 190 valence electrons. The predicted molar refractivity (Wildman–Crippen MR) is 128 cm³/mol. The first-order valence-corrected chi connectivity index (χ1v) is 12.3. The van der Waals surface area contributed by atoms with E-state index in [9.17, 15) is 24.0 Å². The molecule has 3 amide bonds. The summed E-state index contributed by atoms with van der Waals surface area (Å²) in [6, 6.07) is 4.46. The van der Waals surface area contributed by atoms with Gasteiger partial charge in [0, 0.05) is 22.9 Å². The third kappa shape index (κ3) is 4.87. The van der Waals surface area contributed by atoms with Crippen LogP contribution >= 0.6 is 0 Å². The number of methoxy groups -OCH3 is 1. The molecule has 36 heavy (non-hydrogen) atoms. The van der Waals surface area contributed by atoms with Gasteiger partial charge in [0.2, 0.25) is 11.8 Å². The molecule has 10 heteroatoms. The maximum absolute atomic E-state index is 13.9. The van der Waals surface area contributed by atoms with Crippen molar-refractivity contribution >= 4 is 28.6 Å². The molecule has 4 N–H and O–H groups in total. The molecule has 1 aromatic carbocycles. The zero-order valence-corrected chi connectivity index (χ0v) is 20.4. The van der Waals surface area contributed by atoms with Gasteiger partial charge in [-0.15, -0.1) is 0 Å². The summed E-state index contributed by atoms with van der Waals surface area (Å²) < 4.78 is 19.1. The average molecular weight is 496 g/mol. The fourth-order valence-electron chi connectivity index (χ4n) is 5.17. The Morgan fingerprint density at radius 1 is 1.25 bits per heavy atom. The average Bonchev–Trinajstić information content (AvgIpc) is 3.68. The van der Waals surface area contributed by atoms with Crippen LogP contribution in [0.3, 0.4) is 0 Å². The Balaban J connectivity index is 1.29. The minimum absolute atomic E-state index is 0.0616. The van der Waals surface area contributed by atoms with Gasteiger partial charge in [-0.25, -0.2) is 4.39 Å². The van der Waals surface area contributed by atoms with Crippen molar-refractivity contribution in [3.63, 3.8) is 0 Å². The highest BCUT2D eigenvalue weighted by Crippen LogP contribution is 2.49. The van der Waals surface area contributed by atoms with Gasteiger partial charge in [-0.2, -0.15) is 5.26 Å². The number of halogens is 1. The number of hydrogen-bond donors (Lipinski definition) is 4. The Labute approximate surface area is 208 Å². The van der Waals surface area contributed by atoms with Crippen LogP contribution in [-0.2, 0) is 9.59 Å². The summed E-state index contributed by atoms with van der Waals surface area (Å²) >= 11 is 0. The van der Waals surface area contributed by atoms with Crippen molar-refractivity contribution in [2.75, 3.05) is 7.11 Å². The number of rotatable bonds is 9. The van der Waals surface area contributed by atoms with Gasteiger partial charge in [-0.1, -0.05) is 6.92 Å². The smallest absolute Gasteiger partial charge is 0.268 e. The molecular formula is C26H30FN5O4. The van der Waals surface area contributed by atoms with Crippen LogP contribution in [0.1, 0.15) is 62.4 Å². The molecule has 2 aromatic rings. The van der Waals surface area contributed by atoms with Crippen molar-refractivity contribution in [3.8, 4) is 11.8 Å². The number of aromatic amines is 1. The van der Waals surface area contributed by atoms with Crippen LogP contribution in [0, 0.1) is 28.5 Å². The second kappa shape index (κ2) is 8.80. The van der Waals surface area contributed by atoms with E-state index in [1.165, 1.54) is 19.2 Å². The molecule has 0 bridgehead atoms. The van der Waals surface area contributed by atoms with E-state index in [-0.39, 0.29) is 34.9 Å². The molecule has 0 radical (unpaired) electrons. The monoisotopic (exact) mass is 495 g/mol. The summed E-state index contributed by atoms with van der Waals surface area (Å²) in [4.78, 5) is 41.5. The van der Waals surface area contributed by atoms with Gasteiger partial charge in [0.05, 0.1) is 18.7 Å². The van der Waals surface area contributed by atoms with E-state index in [0.717, 1.165) is 25.7 Å². The van der Waals surface area contributed by atoms with Crippen molar-refractivity contribution in [2.24, 2.45) is 11.3 Å². The summed E-state index contributed by atoms with van der Waals surface area (Å²) in [6.45, 7) is 2.05. The molecule has 1 saturated heterocycles. The number of amides is 3. The first-order valence-electron chi connectivity index (χ1n) is 12.3. The van der Waals surface area contributed by atoms with Gasteiger partial charge in [0.1, 0.15) is 29.3 Å². The molecule has 3 atom stereocenters. The number of carbonyl (C=O) groups is 3. The van der Waals surface area contributed by atoms with Gasteiger partial charge in [0.15, 0.2) is 0 Å². The predicted octanol–water partition coefficient (Wildman–Crippen LogP) is 2.67. The van der Waals surface area contributed by atoms with Gasteiger partial charge in [-0.05, 0) is 62.5 Å². The number of benzene rings is 1. The molecule has 2 aliphatic carbocycles. The van der Waals surface area contributed by atoms with Crippen molar-refractivity contribution < 1.29 is 23.5 Å². The van der Waals surface area contributed by atoms with Crippen LogP contribution in [0.15, 0.2) is 18.2 Å². The van der Waals surface area contributed by atoms with Crippen molar-refractivity contribution in [1.29, 1.82) is 5.26 Å². The first-order chi connectivity index (χ1) is 17.1. The summed E-state index contributed by atoms with van der Waals surface area (Å²) in [6.07, 6.45) is 5.15. The molecule has 3 fully saturated rings. The number of nitriles is 1. The third-order valence-electron chi connectivity index (χ3n) is 7.79. The standard InChI is InChI=1S/C26H30FN5O4/c1-25(3-4-25)12-20(24(35)29-16(13-28)7-14-11-26(5-6-26)32-22(14)33)31-23(34)19-10-17-18(30-19)8-15(27)9-21(17)36-2/h8-10,14,16,20,30H,3-7,11-12H2,1-2H3,(H,29,35)(H,31,34)(H,32,33). The number of ether oxygens (including phenoxy) is 1. The highest BCUT2D eigenvalue weighted by molar-refractivity contribution is 6.01. The molecule has 9 nitrogen and oxygen atoms in total. The van der Waals surface area contributed by atoms with E-state index in [2.05, 4.69) is 33.9 Å². The highest BCUT2D eigenvalue weighted by Gasteiger charge is 2.52. The van der Waals surface area contributed by atoms with Crippen LogP contribution in [0.5, 0.6) is 5.75 Å². The van der Waals surface area contributed by atoms with Crippen molar-refractivity contribution in [3.05, 3.63) is 29.7 Å². The van der Waals surface area contributed by atoms with E-state index < -0.39 is 29.7 Å². The molecule has 3 aliphatic rings. The first kappa shape index (κ1) is 24.1. The number of nitrogens with zero attached hydrogens (tertiary/aromatic N) is 1. The Hall–Kier alpha value is -3.61. The summed E-state index contributed by atoms with van der Waals surface area (Å²) in [5.41, 5.74) is 0.406. The molecule has 1 spiro atoms. The summed E-state index contributed by atoms with van der Waals surface area (Å²) in [5.74, 6) is -1.56. The Kier molecular flexibility index (Phi) is 5.89. The number of H-pyrrole nitrogens is 1. The number of aromatic nitrogens is 1. The summed E-state index contributed by atoms with van der Waals surface area (Å²) in [5, 5.41) is 18.8. The largest absolute Gasteiger partial charge is 0.496 e. The molecule has 2 saturated carbocycles. The van der Waals surface area contributed by atoms with Crippen molar-refractivity contribution in [1.82, 2.24) is 20.9 Å². The fraction of sp³-hybridized carbons (Fsp3) is 0.538. The number of hydrogen-bond acceptors (Lipinski definition) is 5. The second-order valence-corrected chi connectivity index (χ2v) is 10.9. The fourth-order valence-corrected chi connectivity index (χ4v) is 5.17. The quantitative estimate of drug-likeness (QED) is 0.424. The third-order valence-corrected chi connectivity index (χ3v) is 7.79. The van der Waals surface area contributed by atoms with Crippen LogP contribution in [0.2, 0.25) is 0 Å². The van der Waals surface area contributed by atoms with E-state index in [0.29, 0.717) is 29.5 Å². The zero-order valence-electron chi connectivity index (χ0n) is 20.4. The van der Waals surface area contributed by atoms with Crippen molar-refractivity contribution in [2.45, 2.75) is 69.5 Å². The number of nitrogens with one attached hydrogen (secondary N) is 4. The van der Waals surface area contributed by atoms with Gasteiger partial charge < -0.3 is 25.7 Å². The number of fused-ring (bicyclic) bond motifs is 1. The molecule has 2 heterocycles. The second-order valence-electron chi connectivity index (χ2n) is 10.9. The lowest BCUT2D eigenvalue weighted by molar-refractivity contribution is -0.125. The molecular weight excluding hydrogens is 465 g/mol. The van der Waals surface area contributed by atoms with Crippen LogP contribution in [0.25, 0.3) is 10.9 Å². The lowest BCUT2D eigenvalue weighted by Gasteiger charge is -2.23. The minimum atomic E-state index is -0.863. The Morgan fingerprint density at radius 2 is 2.00 bits per heavy atom. The zero-order chi connectivity index (χ0) is 25.7.